The first-order valence-corrected chi connectivity index (χ1v) is 9.47. The molecule has 1 aliphatic heterocycles. The average molecular weight is 377 g/mol. The first kappa shape index (κ1) is 19.7. The van der Waals surface area contributed by atoms with Crippen molar-refractivity contribution in [2.45, 2.75) is 32.4 Å². The number of rotatable bonds is 4. The van der Waals surface area contributed by atoms with E-state index in [1.807, 2.05) is 75.4 Å². The summed E-state index contributed by atoms with van der Waals surface area (Å²) in [5.74, 6) is -0.158. The highest BCUT2D eigenvalue weighted by molar-refractivity contribution is 5.89. The molecule has 3 rings (SSSR count). The van der Waals surface area contributed by atoms with Gasteiger partial charge in [0.15, 0.2) is 0 Å². The van der Waals surface area contributed by atoms with Crippen LogP contribution in [-0.2, 0) is 10.3 Å². The minimum atomic E-state index is -0.632. The molecule has 0 bridgehead atoms. The first-order chi connectivity index (χ1) is 13.3. The van der Waals surface area contributed by atoms with Crippen LogP contribution in [0.1, 0.15) is 43.5 Å². The van der Waals surface area contributed by atoms with Crippen molar-refractivity contribution in [2.24, 2.45) is 0 Å². The molecule has 1 saturated heterocycles. The molecular formula is C23H27N3O2. The summed E-state index contributed by atoms with van der Waals surface area (Å²) in [5.41, 5.74) is 3.20. The van der Waals surface area contributed by atoms with Gasteiger partial charge in [-0.1, -0.05) is 60.7 Å². The summed E-state index contributed by atoms with van der Waals surface area (Å²) in [6.45, 7) is 10.8. The van der Waals surface area contributed by atoms with E-state index in [1.54, 1.807) is 4.90 Å². The third-order valence-electron chi connectivity index (χ3n) is 5.08. The summed E-state index contributed by atoms with van der Waals surface area (Å²) >= 11 is 0. The van der Waals surface area contributed by atoms with E-state index < -0.39 is 11.6 Å². The number of carbonyl (C=O) groups excluding carboxylic acids is 2. The summed E-state index contributed by atoms with van der Waals surface area (Å²) in [6.07, 6.45) is 0. The van der Waals surface area contributed by atoms with Crippen LogP contribution in [-0.4, -0.2) is 29.9 Å². The molecule has 28 heavy (non-hydrogen) atoms. The third kappa shape index (κ3) is 4.09. The lowest BCUT2D eigenvalue weighted by Gasteiger charge is -2.38. The Bertz CT molecular complexity index is 890. The minimum absolute atomic E-state index is 0.158. The maximum atomic E-state index is 13.2. The van der Waals surface area contributed by atoms with Gasteiger partial charge >= 0.3 is 6.03 Å². The molecule has 0 radical (unpaired) electrons. The zero-order valence-electron chi connectivity index (χ0n) is 16.7. The van der Waals surface area contributed by atoms with Gasteiger partial charge in [0.25, 0.3) is 0 Å². The van der Waals surface area contributed by atoms with Crippen LogP contribution < -0.4 is 10.6 Å². The fourth-order valence-electron chi connectivity index (χ4n) is 3.44. The van der Waals surface area contributed by atoms with E-state index in [-0.39, 0.29) is 11.9 Å². The Hall–Kier alpha value is -3.08. The summed E-state index contributed by atoms with van der Waals surface area (Å²) < 4.78 is 0. The van der Waals surface area contributed by atoms with E-state index in [9.17, 15) is 9.59 Å². The minimum Gasteiger partial charge on any atom is -0.352 e. The number of allylic oxidation sites excluding steroid dienone is 1. The molecule has 146 valence electrons. The number of benzene rings is 2. The fourth-order valence-corrected chi connectivity index (χ4v) is 3.44. The number of nitrogens with zero attached hydrogens (tertiary/aromatic N) is 1. The van der Waals surface area contributed by atoms with E-state index in [0.29, 0.717) is 13.1 Å². The van der Waals surface area contributed by atoms with Gasteiger partial charge in [-0.2, -0.15) is 0 Å². The van der Waals surface area contributed by atoms with Gasteiger partial charge < -0.3 is 15.5 Å². The van der Waals surface area contributed by atoms with Crippen LogP contribution in [0.4, 0.5) is 4.79 Å². The Kier molecular flexibility index (Phi) is 5.54. The second-order valence-electron chi connectivity index (χ2n) is 7.71. The molecule has 5 nitrogen and oxygen atoms in total. The molecule has 1 atom stereocenters. The van der Waals surface area contributed by atoms with Crippen molar-refractivity contribution >= 4 is 17.5 Å². The fraction of sp³-hybridized carbons (Fsp3) is 0.304. The van der Waals surface area contributed by atoms with Crippen LogP contribution in [0.25, 0.3) is 5.57 Å². The van der Waals surface area contributed by atoms with Crippen molar-refractivity contribution in [2.75, 3.05) is 13.1 Å². The van der Waals surface area contributed by atoms with Crippen LogP contribution >= 0.6 is 0 Å². The molecule has 0 aliphatic carbocycles. The maximum absolute atomic E-state index is 13.2. The lowest BCUT2D eigenvalue weighted by atomic mass is 9.91. The van der Waals surface area contributed by atoms with Gasteiger partial charge in [0.05, 0.1) is 5.54 Å². The number of urea groups is 1. The highest BCUT2D eigenvalue weighted by Gasteiger charge is 2.36. The van der Waals surface area contributed by atoms with E-state index in [1.165, 1.54) is 0 Å². The van der Waals surface area contributed by atoms with Crippen molar-refractivity contribution in [3.05, 3.63) is 77.9 Å². The van der Waals surface area contributed by atoms with E-state index in [4.69, 9.17) is 0 Å². The Morgan fingerprint density at radius 3 is 2.57 bits per heavy atom. The topological polar surface area (TPSA) is 61.4 Å². The summed E-state index contributed by atoms with van der Waals surface area (Å²) in [6, 6.07) is 16.5. The lowest BCUT2D eigenvalue weighted by Crippen LogP contribution is -2.57. The number of hydrogen-bond acceptors (Lipinski definition) is 2. The molecule has 2 N–H and O–H groups in total. The van der Waals surface area contributed by atoms with Gasteiger partial charge in [-0.25, -0.2) is 4.79 Å². The second-order valence-corrected chi connectivity index (χ2v) is 7.71. The predicted octanol–water partition coefficient (Wildman–Crippen LogP) is 3.84. The molecule has 2 aromatic carbocycles. The maximum Gasteiger partial charge on any atom is 0.319 e. The first-order valence-electron chi connectivity index (χ1n) is 9.47. The predicted molar refractivity (Wildman–Crippen MR) is 112 cm³/mol. The summed E-state index contributed by atoms with van der Waals surface area (Å²) in [7, 11) is 0. The molecule has 0 spiro atoms. The van der Waals surface area contributed by atoms with Gasteiger partial charge in [0.2, 0.25) is 5.91 Å². The Morgan fingerprint density at radius 2 is 1.89 bits per heavy atom. The zero-order chi connectivity index (χ0) is 20.3. The SMILES string of the molecule is C=C(C)c1cccc(C(C)(C)NC(=O)N2CCNC(=O)C2c2ccccc2)c1. The third-order valence-corrected chi connectivity index (χ3v) is 5.08. The van der Waals surface area contributed by atoms with Gasteiger partial charge in [0.1, 0.15) is 6.04 Å². The smallest absolute Gasteiger partial charge is 0.319 e. The number of piperazine rings is 1. The molecule has 3 amide bonds. The number of amides is 3. The lowest BCUT2D eigenvalue weighted by molar-refractivity contribution is -0.127. The van der Waals surface area contributed by atoms with Crippen molar-refractivity contribution in [3.8, 4) is 0 Å². The van der Waals surface area contributed by atoms with Gasteiger partial charge in [0, 0.05) is 13.1 Å². The van der Waals surface area contributed by atoms with Crippen molar-refractivity contribution in [1.29, 1.82) is 0 Å². The van der Waals surface area contributed by atoms with Gasteiger partial charge in [-0.15, -0.1) is 0 Å². The molecule has 0 saturated carbocycles. The van der Waals surface area contributed by atoms with Crippen LogP contribution in [0, 0.1) is 0 Å². The quantitative estimate of drug-likeness (QED) is 0.850. The molecule has 5 heteroatoms. The van der Waals surface area contributed by atoms with E-state index in [2.05, 4.69) is 17.2 Å². The second kappa shape index (κ2) is 7.89. The molecule has 2 aromatic rings. The molecule has 1 heterocycles. The van der Waals surface area contributed by atoms with Crippen LogP contribution in [0.15, 0.2) is 61.2 Å². The van der Waals surface area contributed by atoms with Gasteiger partial charge in [-0.3, -0.25) is 4.79 Å². The van der Waals surface area contributed by atoms with Crippen molar-refractivity contribution in [3.63, 3.8) is 0 Å². The highest BCUT2D eigenvalue weighted by Crippen LogP contribution is 2.27. The summed E-state index contributed by atoms with van der Waals surface area (Å²) in [4.78, 5) is 27.3. The van der Waals surface area contributed by atoms with Crippen LogP contribution in [0.3, 0.4) is 0 Å². The molecule has 1 fully saturated rings. The average Bonchev–Trinajstić information content (AvgIpc) is 2.68. The van der Waals surface area contributed by atoms with Crippen LogP contribution in [0.5, 0.6) is 0 Å². The summed E-state index contributed by atoms with van der Waals surface area (Å²) in [5, 5.41) is 5.97. The highest BCUT2D eigenvalue weighted by atomic mass is 16.2. The van der Waals surface area contributed by atoms with Crippen molar-refractivity contribution in [1.82, 2.24) is 15.5 Å². The normalized spacial score (nSPS) is 17.0. The number of hydrogen-bond donors (Lipinski definition) is 2. The Balaban J connectivity index is 1.84. The Labute approximate surface area is 166 Å². The standard InChI is InChI=1S/C23H27N3O2/c1-16(2)18-11-8-12-19(15-18)23(3,4)25-22(28)26-14-13-24-21(27)20(26)17-9-6-5-7-10-17/h5-12,15,20H,1,13-14H2,2-4H3,(H,24,27)(H,25,28). The molecule has 1 unspecified atom stereocenters. The van der Waals surface area contributed by atoms with E-state index >= 15 is 0 Å². The molecule has 0 aromatic heterocycles. The largest absolute Gasteiger partial charge is 0.352 e. The van der Waals surface area contributed by atoms with Crippen molar-refractivity contribution < 1.29 is 9.59 Å². The van der Waals surface area contributed by atoms with Crippen LogP contribution in [0.2, 0.25) is 0 Å². The Morgan fingerprint density at radius 1 is 1.18 bits per heavy atom. The van der Waals surface area contributed by atoms with E-state index in [0.717, 1.165) is 22.3 Å². The molecular weight excluding hydrogens is 350 g/mol. The molecule has 1 aliphatic rings. The monoisotopic (exact) mass is 377 g/mol. The zero-order valence-corrected chi connectivity index (χ0v) is 16.7. The number of nitrogens with one attached hydrogen (secondary N) is 2. The number of carbonyl (C=O) groups is 2. The van der Waals surface area contributed by atoms with Gasteiger partial charge in [-0.05, 0) is 43.5 Å².